The molecule has 0 saturated heterocycles. The molecule has 8 atom stereocenters. The van der Waals surface area contributed by atoms with Crippen LogP contribution in [0.15, 0.2) is 23.3 Å². The number of ketones is 1. The van der Waals surface area contributed by atoms with Crippen LogP contribution in [0.5, 0.6) is 0 Å². The van der Waals surface area contributed by atoms with Crippen LogP contribution in [0, 0.1) is 29.1 Å². The molecule has 2 fully saturated rings. The molecule has 0 radical (unpaired) electrons. The fourth-order valence-electron chi connectivity index (χ4n) is 7.17. The van der Waals surface area contributed by atoms with Gasteiger partial charge in [0.1, 0.15) is 5.60 Å². The Morgan fingerprint density at radius 2 is 1.84 bits per heavy atom. The van der Waals surface area contributed by atoms with Crippen molar-refractivity contribution in [2.24, 2.45) is 29.1 Å². The number of aliphatic hydroxyl groups excluding tert-OH is 1. The molecular weight excluding hydrogens is 420 g/mol. The highest BCUT2D eigenvalue weighted by molar-refractivity contribution is 6.04. The van der Waals surface area contributed by atoms with Gasteiger partial charge in [-0.05, 0) is 18.1 Å². The van der Waals surface area contributed by atoms with E-state index < -0.39 is 76.5 Å². The zero-order valence-electron chi connectivity index (χ0n) is 18.8. The highest BCUT2D eigenvalue weighted by Gasteiger charge is 2.87. The lowest BCUT2D eigenvalue weighted by Gasteiger charge is -2.52. The third-order valence-electron chi connectivity index (χ3n) is 8.50. The van der Waals surface area contributed by atoms with Gasteiger partial charge in [-0.3, -0.25) is 9.59 Å². The summed E-state index contributed by atoms with van der Waals surface area (Å²) >= 11 is 0. The predicted octanol–water partition coefficient (Wildman–Crippen LogP) is 1.20. The lowest BCUT2D eigenvalue weighted by Crippen LogP contribution is -2.66. The van der Waals surface area contributed by atoms with Crippen LogP contribution >= 0.6 is 0 Å². The molecule has 32 heavy (non-hydrogen) atoms. The Morgan fingerprint density at radius 1 is 1.22 bits per heavy atom. The van der Waals surface area contributed by atoms with Gasteiger partial charge in [0.15, 0.2) is 17.5 Å². The van der Waals surface area contributed by atoms with Crippen molar-refractivity contribution in [3.8, 4) is 0 Å². The molecule has 0 aliphatic heterocycles. The highest BCUT2D eigenvalue weighted by Crippen LogP contribution is 2.77. The average molecular weight is 450 g/mol. The largest absolute Gasteiger partial charge is 0.506 e. The van der Waals surface area contributed by atoms with Crippen LogP contribution in [-0.2, 0) is 19.1 Å². The normalized spacial score (nSPS) is 46.0. The molecule has 9 nitrogen and oxygen atoms in total. The van der Waals surface area contributed by atoms with Crippen molar-refractivity contribution >= 4 is 17.9 Å². The Labute approximate surface area is 185 Å². The summed E-state index contributed by atoms with van der Waals surface area (Å²) in [5, 5.41) is 43.2. The van der Waals surface area contributed by atoms with E-state index in [1.165, 1.54) is 13.0 Å². The molecule has 176 valence electrons. The van der Waals surface area contributed by atoms with Crippen molar-refractivity contribution in [1.82, 2.24) is 0 Å². The molecule has 0 bridgehead atoms. The van der Waals surface area contributed by atoms with E-state index >= 15 is 0 Å². The van der Waals surface area contributed by atoms with Crippen LogP contribution in [0.3, 0.4) is 0 Å². The molecule has 0 aromatic rings. The van der Waals surface area contributed by atoms with Gasteiger partial charge in [0.2, 0.25) is 0 Å². The summed E-state index contributed by atoms with van der Waals surface area (Å²) in [5.74, 6) is -4.48. The Kier molecular flexibility index (Phi) is 4.77. The third kappa shape index (κ3) is 2.53. The maximum absolute atomic E-state index is 13.0. The first-order valence-corrected chi connectivity index (χ1v) is 10.8. The van der Waals surface area contributed by atoms with E-state index in [0.717, 1.165) is 0 Å². The Bertz CT molecular complexity index is 965. The number of ether oxygens (including phenoxy) is 2. The number of esters is 1. The predicted molar refractivity (Wildman–Crippen MR) is 109 cm³/mol. The molecular formula is C23H30O9. The molecule has 2 saturated carbocycles. The van der Waals surface area contributed by atoms with Crippen LogP contribution in [0.2, 0.25) is 0 Å². The zero-order valence-corrected chi connectivity index (χ0v) is 18.8. The fraction of sp³-hybridized carbons (Fsp3) is 0.696. The van der Waals surface area contributed by atoms with Gasteiger partial charge in [0, 0.05) is 42.4 Å². The van der Waals surface area contributed by atoms with Crippen LogP contribution in [0.1, 0.15) is 41.0 Å². The summed E-state index contributed by atoms with van der Waals surface area (Å²) < 4.78 is 11.0. The number of carbonyl (C=O) groups is 3. The summed E-state index contributed by atoms with van der Waals surface area (Å²) in [6, 6.07) is 0. The van der Waals surface area contributed by atoms with Crippen molar-refractivity contribution in [2.45, 2.75) is 63.9 Å². The molecule has 0 unspecified atom stereocenters. The maximum atomic E-state index is 13.0. The second kappa shape index (κ2) is 6.65. The second-order valence-electron chi connectivity index (χ2n) is 10.3. The van der Waals surface area contributed by atoms with E-state index in [-0.39, 0.29) is 6.42 Å². The zero-order chi connectivity index (χ0) is 24.0. The second-order valence-corrected chi connectivity index (χ2v) is 10.3. The van der Waals surface area contributed by atoms with E-state index in [1.807, 2.05) is 13.8 Å². The average Bonchev–Trinajstić information content (AvgIpc) is 3.10. The number of hydrogen-bond donors (Lipinski definition) is 4. The monoisotopic (exact) mass is 450 g/mol. The number of hydrogen-bond acceptors (Lipinski definition) is 8. The van der Waals surface area contributed by atoms with Crippen molar-refractivity contribution in [2.75, 3.05) is 6.61 Å². The number of carboxylic acid groups (broad SMARTS) is 1. The number of rotatable bonds is 3. The topological polar surface area (TPSA) is 151 Å². The molecule has 4 aliphatic rings. The van der Waals surface area contributed by atoms with E-state index in [2.05, 4.69) is 0 Å². The van der Waals surface area contributed by atoms with Crippen LogP contribution in [0.4, 0.5) is 4.79 Å². The Morgan fingerprint density at radius 3 is 2.38 bits per heavy atom. The van der Waals surface area contributed by atoms with Crippen molar-refractivity contribution in [1.29, 1.82) is 0 Å². The van der Waals surface area contributed by atoms with Crippen LogP contribution < -0.4 is 0 Å². The SMILES string of the molecule is CC(=O)O[C@@]12[C@H](OC(=O)O)[C@@H](C)[C@@]3(O)[C@@H](C=C(CO)C[C@]4(O)C(=O)C(C)=C[C@@H]34)[C@@H]1C2(C)C. The maximum Gasteiger partial charge on any atom is 0.506 e. The van der Waals surface area contributed by atoms with Gasteiger partial charge in [-0.1, -0.05) is 32.9 Å². The van der Waals surface area contributed by atoms with Crippen molar-refractivity contribution < 1.29 is 44.3 Å². The lowest BCUT2D eigenvalue weighted by molar-refractivity contribution is -0.220. The van der Waals surface area contributed by atoms with Gasteiger partial charge in [-0.2, -0.15) is 0 Å². The quantitative estimate of drug-likeness (QED) is 0.367. The summed E-state index contributed by atoms with van der Waals surface area (Å²) in [5.41, 5.74) is -5.23. The molecule has 0 aromatic heterocycles. The van der Waals surface area contributed by atoms with Crippen molar-refractivity contribution in [3.63, 3.8) is 0 Å². The van der Waals surface area contributed by atoms with Crippen LogP contribution in [0.25, 0.3) is 0 Å². The van der Waals surface area contributed by atoms with Crippen molar-refractivity contribution in [3.05, 3.63) is 23.3 Å². The summed E-state index contributed by atoms with van der Waals surface area (Å²) in [7, 11) is 0. The first-order chi connectivity index (χ1) is 14.7. The molecule has 0 heterocycles. The Hall–Kier alpha value is -2.23. The molecule has 0 aromatic carbocycles. The van der Waals surface area contributed by atoms with Gasteiger partial charge in [-0.25, -0.2) is 4.79 Å². The molecule has 4 N–H and O–H groups in total. The molecule has 0 amide bonds. The first kappa shape index (κ1) is 22.9. The van der Waals surface area contributed by atoms with Gasteiger partial charge < -0.3 is 29.9 Å². The van der Waals surface area contributed by atoms with Gasteiger partial charge >= 0.3 is 12.1 Å². The number of carbonyl (C=O) groups excluding carboxylic acids is 2. The summed E-state index contributed by atoms with van der Waals surface area (Å²) in [6.45, 7) is 7.56. The van der Waals surface area contributed by atoms with Crippen LogP contribution in [-0.4, -0.2) is 67.8 Å². The summed E-state index contributed by atoms with van der Waals surface area (Å²) in [4.78, 5) is 36.7. The van der Waals surface area contributed by atoms with E-state index in [4.69, 9.17) is 9.47 Å². The van der Waals surface area contributed by atoms with Gasteiger partial charge in [-0.15, -0.1) is 0 Å². The molecule has 4 aliphatic carbocycles. The number of fused-ring (bicyclic) bond motifs is 5. The molecule has 4 rings (SSSR count). The first-order valence-electron chi connectivity index (χ1n) is 10.8. The molecule has 0 spiro atoms. The smallest absolute Gasteiger partial charge is 0.454 e. The Balaban J connectivity index is 1.97. The van der Waals surface area contributed by atoms with Gasteiger partial charge in [0.05, 0.1) is 12.2 Å². The lowest BCUT2D eigenvalue weighted by atomic mass is 9.59. The highest BCUT2D eigenvalue weighted by atomic mass is 16.7. The minimum Gasteiger partial charge on any atom is -0.454 e. The summed E-state index contributed by atoms with van der Waals surface area (Å²) in [6.07, 6.45) is 0.221. The number of aliphatic hydroxyl groups is 3. The third-order valence-corrected chi connectivity index (χ3v) is 8.50. The minimum absolute atomic E-state index is 0.162. The fourth-order valence-corrected chi connectivity index (χ4v) is 7.17. The standard InChI is InChI=1S/C23H30O9/c1-10-6-15-21(29,17(10)26)8-13(9-24)7-14-16-20(4,5)23(16,32-12(3)25)18(31-19(27)28)11(2)22(14,15)30/h6-7,11,14-16,18,24,29-30H,8-9H2,1-5H3,(H,27,28)/t11-,14+,15-,16-,18-,21-,22-,23-/m1/s1. The number of Topliss-reactive ketones (excluding diaryl/α,β-unsaturated/α-hetero) is 1. The molecule has 9 heteroatoms. The minimum atomic E-state index is -1.98. The van der Waals surface area contributed by atoms with Gasteiger partial charge in [0.25, 0.3) is 0 Å². The van der Waals surface area contributed by atoms with E-state index in [1.54, 1.807) is 19.9 Å². The van der Waals surface area contributed by atoms with E-state index in [0.29, 0.717) is 11.1 Å². The van der Waals surface area contributed by atoms with E-state index in [9.17, 15) is 34.8 Å².